The Balaban J connectivity index is 2.62. The first-order valence-electron chi connectivity index (χ1n) is 5.66. The quantitative estimate of drug-likeness (QED) is 0.829. The average Bonchev–Trinajstić information content (AvgIpc) is 2.23. The number of aliphatic hydroxyl groups is 1. The Bertz CT molecular complexity index is 380. The molecule has 0 saturated carbocycles. The average molecular weight is 241 g/mol. The predicted molar refractivity (Wildman–Crippen MR) is 65.5 cm³/mol. The van der Waals surface area contributed by atoms with Crippen LogP contribution in [0.3, 0.4) is 0 Å². The van der Waals surface area contributed by atoms with Gasteiger partial charge in [0.05, 0.1) is 12.7 Å². The molecule has 0 aliphatic heterocycles. The third-order valence-corrected chi connectivity index (χ3v) is 2.60. The van der Waals surface area contributed by atoms with E-state index in [0.717, 1.165) is 0 Å². The number of aliphatic hydroxyl groups excluding tert-OH is 1. The number of halogens is 1. The van der Waals surface area contributed by atoms with Crippen molar-refractivity contribution in [2.24, 2.45) is 5.73 Å². The molecule has 1 aromatic rings. The maximum atomic E-state index is 13.3. The summed E-state index contributed by atoms with van der Waals surface area (Å²) in [5, 5.41) is 9.05. The number of nitrogens with two attached hydrogens (primary N) is 1. The van der Waals surface area contributed by atoms with Crippen LogP contribution < -0.4 is 10.5 Å². The number of hydrogen-bond donors (Lipinski definition) is 2. The smallest absolute Gasteiger partial charge is 0.129 e. The Morgan fingerprint density at radius 3 is 2.71 bits per heavy atom. The summed E-state index contributed by atoms with van der Waals surface area (Å²) in [5.74, 6) is 0.196. The van der Waals surface area contributed by atoms with Gasteiger partial charge in [0.15, 0.2) is 0 Å². The summed E-state index contributed by atoms with van der Waals surface area (Å²) >= 11 is 0. The van der Waals surface area contributed by atoms with E-state index in [9.17, 15) is 4.39 Å². The summed E-state index contributed by atoms with van der Waals surface area (Å²) in [5.41, 5.74) is 5.73. The molecule has 1 rings (SSSR count). The second-order valence-electron chi connectivity index (χ2n) is 4.86. The molecule has 17 heavy (non-hydrogen) atoms. The molecule has 3 nitrogen and oxygen atoms in total. The van der Waals surface area contributed by atoms with Gasteiger partial charge in [0.25, 0.3) is 0 Å². The SMILES string of the molecule is Cc1ccc(OC(C)CC(C)(N)CO)cc1F. The van der Waals surface area contributed by atoms with Crippen molar-refractivity contribution >= 4 is 0 Å². The van der Waals surface area contributed by atoms with Crippen LogP contribution in [0.5, 0.6) is 5.75 Å². The Kier molecular flexibility index (Phi) is 4.48. The van der Waals surface area contributed by atoms with Crippen LogP contribution in [-0.4, -0.2) is 23.4 Å². The number of hydrogen-bond acceptors (Lipinski definition) is 3. The molecule has 0 spiro atoms. The minimum Gasteiger partial charge on any atom is -0.491 e. The van der Waals surface area contributed by atoms with E-state index in [4.69, 9.17) is 15.6 Å². The summed E-state index contributed by atoms with van der Waals surface area (Å²) in [4.78, 5) is 0. The molecule has 2 unspecified atom stereocenters. The number of ether oxygens (including phenoxy) is 1. The molecule has 0 aliphatic carbocycles. The number of aryl methyl sites for hydroxylation is 1. The van der Waals surface area contributed by atoms with Crippen molar-refractivity contribution in [1.29, 1.82) is 0 Å². The highest BCUT2D eigenvalue weighted by atomic mass is 19.1. The zero-order chi connectivity index (χ0) is 13.1. The normalized spacial score (nSPS) is 16.4. The van der Waals surface area contributed by atoms with Crippen molar-refractivity contribution in [1.82, 2.24) is 0 Å². The van der Waals surface area contributed by atoms with Crippen LogP contribution in [0.1, 0.15) is 25.8 Å². The Morgan fingerprint density at radius 1 is 1.53 bits per heavy atom. The van der Waals surface area contributed by atoms with Crippen LogP contribution in [0.15, 0.2) is 18.2 Å². The lowest BCUT2D eigenvalue weighted by atomic mass is 9.97. The fourth-order valence-corrected chi connectivity index (χ4v) is 1.64. The van der Waals surface area contributed by atoms with Gasteiger partial charge in [-0.25, -0.2) is 4.39 Å². The minimum atomic E-state index is -0.678. The lowest BCUT2D eigenvalue weighted by molar-refractivity contribution is 0.133. The number of rotatable bonds is 5. The van der Waals surface area contributed by atoms with E-state index in [0.29, 0.717) is 17.7 Å². The van der Waals surface area contributed by atoms with Crippen LogP contribution in [0.2, 0.25) is 0 Å². The second kappa shape index (κ2) is 5.47. The maximum Gasteiger partial charge on any atom is 0.129 e. The van der Waals surface area contributed by atoms with Gasteiger partial charge >= 0.3 is 0 Å². The minimum absolute atomic E-state index is 0.108. The molecule has 0 bridgehead atoms. The first-order chi connectivity index (χ1) is 7.84. The monoisotopic (exact) mass is 241 g/mol. The summed E-state index contributed by atoms with van der Waals surface area (Å²) in [6.07, 6.45) is 0.318. The van der Waals surface area contributed by atoms with Gasteiger partial charge in [-0.05, 0) is 32.4 Å². The molecule has 0 aliphatic rings. The molecule has 0 aromatic heterocycles. The maximum absolute atomic E-state index is 13.3. The van der Waals surface area contributed by atoms with Gasteiger partial charge in [0.2, 0.25) is 0 Å². The Labute approximate surface area is 101 Å². The molecule has 96 valence electrons. The van der Waals surface area contributed by atoms with Gasteiger partial charge in [0.1, 0.15) is 11.6 Å². The molecular formula is C13H20FNO2. The summed E-state index contributed by atoms with van der Waals surface area (Å²) in [6, 6.07) is 4.76. The van der Waals surface area contributed by atoms with Crippen molar-refractivity contribution in [3.63, 3.8) is 0 Å². The molecular weight excluding hydrogens is 221 g/mol. The van der Waals surface area contributed by atoms with Crippen molar-refractivity contribution in [2.75, 3.05) is 6.61 Å². The van der Waals surface area contributed by atoms with Crippen LogP contribution in [0.25, 0.3) is 0 Å². The van der Waals surface area contributed by atoms with Crippen molar-refractivity contribution in [3.05, 3.63) is 29.6 Å². The van der Waals surface area contributed by atoms with Crippen LogP contribution >= 0.6 is 0 Å². The fourth-order valence-electron chi connectivity index (χ4n) is 1.64. The van der Waals surface area contributed by atoms with E-state index in [2.05, 4.69) is 0 Å². The van der Waals surface area contributed by atoms with E-state index in [1.807, 2.05) is 6.92 Å². The summed E-state index contributed by atoms with van der Waals surface area (Å²) < 4.78 is 18.8. The molecule has 0 fully saturated rings. The first-order valence-corrected chi connectivity index (χ1v) is 5.66. The highest BCUT2D eigenvalue weighted by molar-refractivity contribution is 5.28. The van der Waals surface area contributed by atoms with Crippen LogP contribution in [0.4, 0.5) is 4.39 Å². The molecule has 2 atom stereocenters. The van der Waals surface area contributed by atoms with E-state index in [1.54, 1.807) is 26.0 Å². The van der Waals surface area contributed by atoms with Crippen molar-refractivity contribution in [2.45, 2.75) is 38.8 Å². The Hall–Kier alpha value is -1.13. The second-order valence-corrected chi connectivity index (χ2v) is 4.86. The van der Waals surface area contributed by atoms with E-state index in [-0.39, 0.29) is 18.5 Å². The van der Waals surface area contributed by atoms with E-state index >= 15 is 0 Å². The van der Waals surface area contributed by atoms with Gasteiger partial charge in [-0.2, -0.15) is 0 Å². The largest absolute Gasteiger partial charge is 0.491 e. The van der Waals surface area contributed by atoms with Gasteiger partial charge in [0, 0.05) is 18.0 Å². The lowest BCUT2D eigenvalue weighted by Crippen LogP contribution is -2.43. The van der Waals surface area contributed by atoms with E-state index in [1.165, 1.54) is 6.07 Å². The molecule has 0 heterocycles. The standard InChI is InChI=1S/C13H20FNO2/c1-9-4-5-11(6-12(9)14)17-10(2)7-13(3,15)8-16/h4-6,10,16H,7-8,15H2,1-3H3. The third-order valence-electron chi connectivity index (χ3n) is 2.60. The van der Waals surface area contributed by atoms with E-state index < -0.39 is 5.54 Å². The molecule has 0 radical (unpaired) electrons. The zero-order valence-corrected chi connectivity index (χ0v) is 10.5. The highest BCUT2D eigenvalue weighted by Crippen LogP contribution is 2.19. The third kappa shape index (κ3) is 4.32. The number of benzene rings is 1. The molecule has 0 amide bonds. The molecule has 0 saturated heterocycles. The van der Waals surface area contributed by atoms with Crippen LogP contribution in [0, 0.1) is 12.7 Å². The van der Waals surface area contributed by atoms with Crippen LogP contribution in [-0.2, 0) is 0 Å². The molecule has 4 heteroatoms. The fraction of sp³-hybridized carbons (Fsp3) is 0.538. The first kappa shape index (κ1) is 13.9. The zero-order valence-electron chi connectivity index (χ0n) is 10.5. The van der Waals surface area contributed by atoms with Crippen molar-refractivity contribution < 1.29 is 14.2 Å². The highest BCUT2D eigenvalue weighted by Gasteiger charge is 2.21. The summed E-state index contributed by atoms with van der Waals surface area (Å²) in [7, 11) is 0. The van der Waals surface area contributed by atoms with Gasteiger partial charge < -0.3 is 15.6 Å². The van der Waals surface area contributed by atoms with Gasteiger partial charge in [-0.1, -0.05) is 6.07 Å². The molecule has 1 aromatic carbocycles. The lowest BCUT2D eigenvalue weighted by Gasteiger charge is -2.26. The Morgan fingerprint density at radius 2 is 2.18 bits per heavy atom. The summed E-state index contributed by atoms with van der Waals surface area (Å²) in [6.45, 7) is 5.19. The topological polar surface area (TPSA) is 55.5 Å². The predicted octanol–water partition coefficient (Wildman–Crippen LogP) is 2.00. The van der Waals surface area contributed by atoms with Gasteiger partial charge in [-0.3, -0.25) is 0 Å². The molecule has 3 N–H and O–H groups in total. The van der Waals surface area contributed by atoms with Crippen molar-refractivity contribution in [3.8, 4) is 5.75 Å². The van der Waals surface area contributed by atoms with Gasteiger partial charge in [-0.15, -0.1) is 0 Å².